The summed E-state index contributed by atoms with van der Waals surface area (Å²) in [5.41, 5.74) is 3.44. The van der Waals surface area contributed by atoms with E-state index in [0.29, 0.717) is 37.7 Å². The van der Waals surface area contributed by atoms with Crippen molar-refractivity contribution in [2.45, 2.75) is 26.8 Å². The molecular weight excluding hydrogens is 597 g/mol. The van der Waals surface area contributed by atoms with Crippen LogP contribution in [0, 0.1) is 9.49 Å². The molecule has 0 saturated carbocycles. The van der Waals surface area contributed by atoms with Crippen LogP contribution in [0.2, 0.25) is 0 Å². The SMILES string of the molecule is CCOC(=O)COc1c(I)cc(/C=N/NC(=O)C(NC(=O)c2ccc3c(c2)OCO3)C(C)C)cc1OC. The molecule has 0 spiro atoms. The fourth-order valence-corrected chi connectivity index (χ4v) is 4.11. The van der Waals surface area contributed by atoms with Crippen LogP contribution in [0.4, 0.5) is 0 Å². The zero-order valence-electron chi connectivity index (χ0n) is 20.8. The van der Waals surface area contributed by atoms with E-state index in [1.165, 1.54) is 13.3 Å². The molecule has 1 atom stereocenters. The minimum Gasteiger partial charge on any atom is -0.493 e. The zero-order chi connectivity index (χ0) is 26.9. The van der Waals surface area contributed by atoms with E-state index in [4.69, 9.17) is 23.7 Å². The number of hydrogen-bond donors (Lipinski definition) is 2. The molecule has 1 unspecified atom stereocenters. The van der Waals surface area contributed by atoms with Gasteiger partial charge in [0.1, 0.15) is 6.04 Å². The average molecular weight is 625 g/mol. The number of rotatable bonds is 11. The average Bonchev–Trinajstić information content (AvgIpc) is 3.34. The van der Waals surface area contributed by atoms with Gasteiger partial charge in [-0.1, -0.05) is 13.8 Å². The van der Waals surface area contributed by atoms with Crippen molar-refractivity contribution in [3.05, 3.63) is 45.0 Å². The summed E-state index contributed by atoms with van der Waals surface area (Å²) < 4.78 is 27.0. The lowest BCUT2D eigenvalue weighted by atomic mass is 10.0. The Balaban J connectivity index is 1.64. The molecule has 198 valence electrons. The normalized spacial score (nSPS) is 12.8. The molecule has 11 nitrogen and oxygen atoms in total. The Bertz CT molecular complexity index is 1180. The number of hydrazone groups is 1. The maximum atomic E-state index is 12.8. The molecule has 1 aliphatic heterocycles. The van der Waals surface area contributed by atoms with Crippen LogP contribution in [0.15, 0.2) is 35.4 Å². The molecule has 2 aromatic carbocycles. The number of ether oxygens (including phenoxy) is 5. The summed E-state index contributed by atoms with van der Waals surface area (Å²) in [6.07, 6.45) is 1.44. The smallest absolute Gasteiger partial charge is 0.344 e. The van der Waals surface area contributed by atoms with Crippen molar-refractivity contribution in [1.82, 2.24) is 10.7 Å². The minimum absolute atomic E-state index is 0.101. The summed E-state index contributed by atoms with van der Waals surface area (Å²) in [5.74, 6) is 0.233. The third-order valence-electron chi connectivity index (χ3n) is 5.15. The summed E-state index contributed by atoms with van der Waals surface area (Å²) in [5, 5.41) is 6.77. The van der Waals surface area contributed by atoms with E-state index in [9.17, 15) is 14.4 Å². The van der Waals surface area contributed by atoms with Gasteiger partial charge in [0.15, 0.2) is 29.6 Å². The first-order chi connectivity index (χ1) is 17.7. The topological polar surface area (TPSA) is 134 Å². The molecule has 0 fully saturated rings. The number of fused-ring (bicyclic) bond motifs is 1. The molecule has 37 heavy (non-hydrogen) atoms. The van der Waals surface area contributed by atoms with Gasteiger partial charge >= 0.3 is 5.97 Å². The van der Waals surface area contributed by atoms with Gasteiger partial charge in [-0.25, -0.2) is 10.2 Å². The molecule has 0 aliphatic carbocycles. The summed E-state index contributed by atoms with van der Waals surface area (Å²) in [6.45, 7) is 5.46. The van der Waals surface area contributed by atoms with Crippen LogP contribution in [0.5, 0.6) is 23.0 Å². The van der Waals surface area contributed by atoms with Crippen LogP contribution in [0.25, 0.3) is 0 Å². The highest BCUT2D eigenvalue weighted by Gasteiger charge is 2.25. The number of carbonyl (C=O) groups excluding carboxylic acids is 3. The van der Waals surface area contributed by atoms with E-state index in [-0.39, 0.29) is 25.9 Å². The highest BCUT2D eigenvalue weighted by Crippen LogP contribution is 2.34. The summed E-state index contributed by atoms with van der Waals surface area (Å²) in [4.78, 5) is 37.2. The first-order valence-corrected chi connectivity index (χ1v) is 12.5. The van der Waals surface area contributed by atoms with Gasteiger partial charge in [0, 0.05) is 5.56 Å². The molecule has 0 radical (unpaired) electrons. The van der Waals surface area contributed by atoms with Gasteiger partial charge in [-0.3, -0.25) is 9.59 Å². The predicted octanol–water partition coefficient (Wildman–Crippen LogP) is 2.88. The third kappa shape index (κ3) is 7.47. The van der Waals surface area contributed by atoms with Gasteiger partial charge in [-0.05, 0) is 71.3 Å². The van der Waals surface area contributed by atoms with Crippen molar-refractivity contribution < 1.29 is 38.1 Å². The van der Waals surface area contributed by atoms with Gasteiger partial charge in [0.2, 0.25) is 6.79 Å². The molecule has 1 heterocycles. The fraction of sp³-hybridized carbons (Fsp3) is 0.360. The van der Waals surface area contributed by atoms with E-state index >= 15 is 0 Å². The molecule has 12 heteroatoms. The molecule has 2 amide bonds. The Kier molecular flexibility index (Phi) is 9.94. The predicted molar refractivity (Wildman–Crippen MR) is 142 cm³/mol. The number of benzene rings is 2. The number of nitrogens with one attached hydrogen (secondary N) is 2. The van der Waals surface area contributed by atoms with Crippen molar-refractivity contribution in [2.75, 3.05) is 27.1 Å². The third-order valence-corrected chi connectivity index (χ3v) is 5.95. The Labute approximate surface area is 228 Å². The number of carbonyl (C=O) groups is 3. The first kappa shape index (κ1) is 28.0. The maximum Gasteiger partial charge on any atom is 0.344 e. The molecule has 2 aromatic rings. The van der Waals surface area contributed by atoms with Crippen molar-refractivity contribution in [1.29, 1.82) is 0 Å². The highest BCUT2D eigenvalue weighted by atomic mass is 127. The second kappa shape index (κ2) is 13.1. The summed E-state index contributed by atoms with van der Waals surface area (Å²) >= 11 is 2.05. The van der Waals surface area contributed by atoms with Gasteiger partial charge in [-0.2, -0.15) is 5.10 Å². The van der Waals surface area contributed by atoms with Crippen molar-refractivity contribution in [3.63, 3.8) is 0 Å². The van der Waals surface area contributed by atoms with Gasteiger partial charge < -0.3 is 29.0 Å². The van der Waals surface area contributed by atoms with E-state index in [0.717, 1.165) is 0 Å². The molecule has 2 N–H and O–H groups in total. The maximum absolute atomic E-state index is 12.8. The zero-order valence-corrected chi connectivity index (χ0v) is 23.0. The monoisotopic (exact) mass is 625 g/mol. The number of methoxy groups -OCH3 is 1. The van der Waals surface area contributed by atoms with E-state index in [1.807, 2.05) is 36.4 Å². The van der Waals surface area contributed by atoms with E-state index in [1.54, 1.807) is 37.3 Å². The Morgan fingerprint density at radius 3 is 2.62 bits per heavy atom. The van der Waals surface area contributed by atoms with Gasteiger partial charge in [-0.15, -0.1) is 0 Å². The van der Waals surface area contributed by atoms with Crippen LogP contribution in [-0.4, -0.2) is 57.2 Å². The summed E-state index contributed by atoms with van der Waals surface area (Å²) in [6, 6.07) is 7.39. The molecular formula is C25H28IN3O8. The molecule has 1 aliphatic rings. The lowest BCUT2D eigenvalue weighted by molar-refractivity contribution is -0.145. The summed E-state index contributed by atoms with van der Waals surface area (Å²) in [7, 11) is 1.47. The largest absolute Gasteiger partial charge is 0.493 e. The quantitative estimate of drug-likeness (QED) is 0.169. The number of halogens is 1. The van der Waals surface area contributed by atoms with Crippen LogP contribution >= 0.6 is 22.6 Å². The number of nitrogens with zero attached hydrogens (tertiary/aromatic N) is 1. The standard InChI is InChI=1S/C25H28IN3O8/c1-5-34-21(30)12-35-23-17(26)8-15(9-20(23)33-4)11-27-29-25(32)22(14(2)3)28-24(31)16-6-7-18-19(10-16)37-13-36-18/h6-11,14,22H,5,12-13H2,1-4H3,(H,28,31)(H,29,32)/b27-11+. The fourth-order valence-electron chi connectivity index (χ4n) is 3.33. The van der Waals surface area contributed by atoms with Crippen LogP contribution in [0.1, 0.15) is 36.7 Å². The molecule has 0 saturated heterocycles. The molecule has 0 aromatic heterocycles. The van der Waals surface area contributed by atoms with E-state index < -0.39 is 23.8 Å². The highest BCUT2D eigenvalue weighted by molar-refractivity contribution is 14.1. The van der Waals surface area contributed by atoms with Crippen LogP contribution in [0.3, 0.4) is 0 Å². The Hall–Kier alpha value is -3.55. The number of esters is 1. The lowest BCUT2D eigenvalue weighted by Gasteiger charge is -2.20. The van der Waals surface area contributed by atoms with Crippen molar-refractivity contribution in [3.8, 4) is 23.0 Å². The van der Waals surface area contributed by atoms with Crippen LogP contribution in [-0.2, 0) is 14.3 Å². The van der Waals surface area contributed by atoms with Gasteiger partial charge in [0.05, 0.1) is 23.5 Å². The molecule has 0 bridgehead atoms. The number of hydrogen-bond acceptors (Lipinski definition) is 9. The second-order valence-corrected chi connectivity index (χ2v) is 9.29. The van der Waals surface area contributed by atoms with E-state index in [2.05, 4.69) is 15.8 Å². The minimum atomic E-state index is -0.830. The Morgan fingerprint density at radius 1 is 1.16 bits per heavy atom. The van der Waals surface area contributed by atoms with Crippen molar-refractivity contribution in [2.24, 2.45) is 11.0 Å². The van der Waals surface area contributed by atoms with Gasteiger partial charge in [0.25, 0.3) is 11.8 Å². The second-order valence-electron chi connectivity index (χ2n) is 8.13. The first-order valence-electron chi connectivity index (χ1n) is 11.4. The lowest BCUT2D eigenvalue weighted by Crippen LogP contribution is -2.48. The molecule has 3 rings (SSSR count). The van der Waals surface area contributed by atoms with Crippen LogP contribution < -0.4 is 29.7 Å². The Morgan fingerprint density at radius 2 is 1.92 bits per heavy atom. The van der Waals surface area contributed by atoms with Crippen molar-refractivity contribution >= 4 is 46.6 Å². The number of amides is 2.